The second kappa shape index (κ2) is 7.05. The summed E-state index contributed by atoms with van der Waals surface area (Å²) in [4.78, 5) is 11.0. The van der Waals surface area contributed by atoms with Crippen LogP contribution in [0.2, 0.25) is 0 Å². The van der Waals surface area contributed by atoms with Crippen molar-refractivity contribution in [2.24, 2.45) is 0 Å². The van der Waals surface area contributed by atoms with Crippen LogP contribution in [0.15, 0.2) is 0 Å². The summed E-state index contributed by atoms with van der Waals surface area (Å²) in [6, 6.07) is -0.0774. The molecule has 0 aliphatic carbocycles. The van der Waals surface area contributed by atoms with Crippen LogP contribution in [-0.4, -0.2) is 36.7 Å². The van der Waals surface area contributed by atoms with E-state index in [2.05, 4.69) is 26.0 Å². The van der Waals surface area contributed by atoms with Gasteiger partial charge in [0.05, 0.1) is 0 Å². The summed E-state index contributed by atoms with van der Waals surface area (Å²) in [7, 11) is 0. The van der Waals surface area contributed by atoms with Crippen molar-refractivity contribution in [1.29, 1.82) is 0 Å². The van der Waals surface area contributed by atoms with E-state index in [4.69, 9.17) is 0 Å². The fourth-order valence-electron chi connectivity index (χ4n) is 0.812. The number of hydrogen-bond acceptors (Lipinski definition) is 2. The van der Waals surface area contributed by atoms with Crippen LogP contribution in [0.3, 0.4) is 0 Å². The van der Waals surface area contributed by atoms with E-state index in [1.165, 1.54) is 0 Å². The third kappa shape index (κ3) is 9.99. The van der Waals surface area contributed by atoms with Crippen LogP contribution in [0, 0.1) is 0 Å². The van der Waals surface area contributed by atoms with Crippen LogP contribution in [0.25, 0.3) is 0 Å². The Morgan fingerprint density at radius 1 is 1.53 bits per heavy atom. The zero-order valence-corrected chi connectivity index (χ0v) is 9.82. The Hall–Kier alpha value is -0.300. The summed E-state index contributed by atoms with van der Waals surface area (Å²) in [5.41, 5.74) is 0. The molecule has 0 fully saturated rings. The molecule has 15 heavy (non-hydrogen) atoms. The Morgan fingerprint density at radius 2 is 2.13 bits per heavy atom. The third-order valence-electron chi connectivity index (χ3n) is 1.45. The predicted molar refractivity (Wildman–Crippen MR) is 52.9 cm³/mol. The molecule has 1 unspecified atom stereocenters. The number of halogens is 4. The first-order chi connectivity index (χ1) is 6.85. The number of amides is 1. The second-order valence-electron chi connectivity index (χ2n) is 3.05. The lowest BCUT2D eigenvalue weighted by Crippen LogP contribution is -2.36. The van der Waals surface area contributed by atoms with E-state index < -0.39 is 25.3 Å². The second-order valence-corrected chi connectivity index (χ2v) is 3.85. The van der Waals surface area contributed by atoms with Crippen LogP contribution >= 0.6 is 15.9 Å². The van der Waals surface area contributed by atoms with Crippen LogP contribution in [-0.2, 0) is 9.53 Å². The molecular formula is C8H13BrF3NO2. The molecule has 1 N–H and O–H groups in total. The molecule has 0 aliphatic rings. The van der Waals surface area contributed by atoms with Gasteiger partial charge in [0.2, 0.25) is 5.91 Å². The summed E-state index contributed by atoms with van der Waals surface area (Å²) < 4.78 is 39.1. The molecule has 0 rings (SSSR count). The van der Waals surface area contributed by atoms with Gasteiger partial charge in [-0.1, -0.05) is 15.9 Å². The monoisotopic (exact) mass is 291 g/mol. The quantitative estimate of drug-likeness (QED) is 0.759. The number of hydrogen-bond donors (Lipinski definition) is 1. The maximum atomic E-state index is 11.6. The van der Waals surface area contributed by atoms with Crippen LogP contribution in [0.1, 0.15) is 13.3 Å². The van der Waals surface area contributed by atoms with E-state index in [9.17, 15) is 18.0 Å². The van der Waals surface area contributed by atoms with Gasteiger partial charge in [-0.15, -0.1) is 0 Å². The summed E-state index contributed by atoms with van der Waals surface area (Å²) in [5.74, 6) is -0.535. The van der Waals surface area contributed by atoms with Gasteiger partial charge in [-0.2, -0.15) is 13.2 Å². The van der Waals surface area contributed by atoms with Gasteiger partial charge in [-0.3, -0.25) is 4.79 Å². The molecule has 1 amide bonds. The molecule has 90 valence electrons. The van der Waals surface area contributed by atoms with E-state index in [1.807, 2.05) is 0 Å². The smallest absolute Gasteiger partial charge is 0.362 e. The molecule has 0 saturated carbocycles. The van der Waals surface area contributed by atoms with Crippen molar-refractivity contribution >= 4 is 21.8 Å². The van der Waals surface area contributed by atoms with Gasteiger partial charge in [-0.05, 0) is 13.3 Å². The van der Waals surface area contributed by atoms with Gasteiger partial charge < -0.3 is 10.1 Å². The van der Waals surface area contributed by atoms with Gasteiger partial charge in [0.25, 0.3) is 0 Å². The third-order valence-corrected chi connectivity index (χ3v) is 1.91. The lowest BCUT2D eigenvalue weighted by molar-refractivity contribution is -0.175. The lowest BCUT2D eigenvalue weighted by Gasteiger charge is -2.12. The molecule has 0 heterocycles. The summed E-state index contributed by atoms with van der Waals surface area (Å²) in [5, 5.41) is 3.23. The van der Waals surface area contributed by atoms with Crippen molar-refractivity contribution in [1.82, 2.24) is 5.32 Å². The minimum absolute atomic E-state index is 0.0774. The molecular weight excluding hydrogens is 279 g/mol. The Bertz CT molecular complexity index is 199. The van der Waals surface area contributed by atoms with Crippen molar-refractivity contribution in [3.63, 3.8) is 0 Å². The highest BCUT2D eigenvalue weighted by molar-refractivity contribution is 9.09. The van der Waals surface area contributed by atoms with Gasteiger partial charge in [-0.25, -0.2) is 0 Å². The Morgan fingerprint density at radius 3 is 2.60 bits per heavy atom. The number of carbonyl (C=O) groups is 1. The van der Waals surface area contributed by atoms with E-state index in [0.717, 1.165) is 5.33 Å². The maximum Gasteiger partial charge on any atom is 0.411 e. The van der Waals surface area contributed by atoms with Crippen molar-refractivity contribution in [3.8, 4) is 0 Å². The highest BCUT2D eigenvalue weighted by Gasteiger charge is 2.27. The number of carbonyl (C=O) groups excluding carboxylic acids is 1. The number of alkyl halides is 4. The highest BCUT2D eigenvalue weighted by atomic mass is 79.9. The van der Waals surface area contributed by atoms with Crippen LogP contribution < -0.4 is 5.32 Å². The van der Waals surface area contributed by atoms with Crippen molar-refractivity contribution in [2.75, 3.05) is 18.5 Å². The Balaban J connectivity index is 3.58. The lowest BCUT2D eigenvalue weighted by atomic mass is 10.2. The minimum Gasteiger partial charge on any atom is -0.362 e. The summed E-state index contributed by atoms with van der Waals surface area (Å²) in [6.45, 7) is -0.192. The largest absolute Gasteiger partial charge is 0.411 e. The van der Waals surface area contributed by atoms with Crippen molar-refractivity contribution in [3.05, 3.63) is 0 Å². The molecule has 0 aromatic carbocycles. The summed E-state index contributed by atoms with van der Waals surface area (Å²) in [6.07, 6.45) is -3.67. The average molecular weight is 292 g/mol. The fraction of sp³-hybridized carbons (Fsp3) is 0.875. The maximum absolute atomic E-state index is 11.6. The predicted octanol–water partition coefficient (Wildman–Crippen LogP) is 1.86. The Labute approximate surface area is 94.5 Å². The van der Waals surface area contributed by atoms with E-state index >= 15 is 0 Å². The number of ether oxygens (including phenoxy) is 1. The molecule has 0 radical (unpaired) electrons. The van der Waals surface area contributed by atoms with Crippen molar-refractivity contribution in [2.45, 2.75) is 25.6 Å². The molecule has 0 spiro atoms. The van der Waals surface area contributed by atoms with Gasteiger partial charge in [0, 0.05) is 11.4 Å². The normalized spacial score (nSPS) is 13.7. The van der Waals surface area contributed by atoms with E-state index in [-0.39, 0.29) is 6.04 Å². The molecule has 7 heteroatoms. The van der Waals surface area contributed by atoms with E-state index in [1.54, 1.807) is 6.92 Å². The standard InChI is InChI=1S/C8H13BrF3NO2/c1-6(2-3-9)13-7(14)4-15-5-8(10,11)12/h6H,2-5H2,1H3,(H,13,14). The van der Waals surface area contributed by atoms with E-state index in [0.29, 0.717) is 6.42 Å². The van der Waals surface area contributed by atoms with Gasteiger partial charge in [0.15, 0.2) is 0 Å². The fourth-order valence-corrected chi connectivity index (χ4v) is 1.50. The molecule has 0 saturated heterocycles. The Kier molecular flexibility index (Phi) is 6.91. The van der Waals surface area contributed by atoms with Crippen LogP contribution in [0.5, 0.6) is 0 Å². The molecule has 1 atom stereocenters. The zero-order chi connectivity index (χ0) is 11.9. The first kappa shape index (κ1) is 14.7. The zero-order valence-electron chi connectivity index (χ0n) is 8.23. The SMILES string of the molecule is CC(CCBr)NC(=O)COCC(F)(F)F. The van der Waals surface area contributed by atoms with Gasteiger partial charge >= 0.3 is 6.18 Å². The van der Waals surface area contributed by atoms with Gasteiger partial charge in [0.1, 0.15) is 13.2 Å². The minimum atomic E-state index is -4.39. The molecule has 0 bridgehead atoms. The molecule has 0 aromatic heterocycles. The molecule has 3 nitrogen and oxygen atoms in total. The molecule has 0 aromatic rings. The topological polar surface area (TPSA) is 38.3 Å². The van der Waals surface area contributed by atoms with Crippen molar-refractivity contribution < 1.29 is 22.7 Å². The van der Waals surface area contributed by atoms with Crippen LogP contribution in [0.4, 0.5) is 13.2 Å². The summed E-state index contributed by atoms with van der Waals surface area (Å²) >= 11 is 3.19. The number of nitrogens with one attached hydrogen (secondary N) is 1. The first-order valence-electron chi connectivity index (χ1n) is 4.35. The highest BCUT2D eigenvalue weighted by Crippen LogP contribution is 2.14. The first-order valence-corrected chi connectivity index (χ1v) is 5.47. The molecule has 0 aliphatic heterocycles. The number of rotatable bonds is 6. The average Bonchev–Trinajstić information content (AvgIpc) is 2.01.